The van der Waals surface area contributed by atoms with Crippen molar-refractivity contribution in [3.8, 4) is 5.75 Å². The molecule has 5 nitrogen and oxygen atoms in total. The number of hydrogen-bond acceptors (Lipinski definition) is 3. The van der Waals surface area contributed by atoms with E-state index in [0.717, 1.165) is 19.5 Å². The van der Waals surface area contributed by atoms with Crippen molar-refractivity contribution < 1.29 is 9.90 Å². The molecule has 0 radical (unpaired) electrons. The average molecular weight is 263 g/mol. The Bertz CT molecular complexity index is 462. The summed E-state index contributed by atoms with van der Waals surface area (Å²) in [6.07, 6.45) is 2.23. The number of rotatable bonds is 2. The Labute approximate surface area is 113 Å². The van der Waals surface area contributed by atoms with E-state index in [1.54, 1.807) is 18.2 Å². The Morgan fingerprint density at radius 3 is 3.11 bits per heavy atom. The van der Waals surface area contributed by atoms with Gasteiger partial charge >= 0.3 is 6.03 Å². The maximum atomic E-state index is 12.0. The Balaban J connectivity index is 1.91. The number of benzene rings is 1. The Hall–Kier alpha value is -1.91. The Morgan fingerprint density at radius 2 is 2.37 bits per heavy atom. The number of phenols is 1. The maximum absolute atomic E-state index is 12.0. The predicted molar refractivity (Wildman–Crippen MR) is 74.7 cm³/mol. The van der Waals surface area contributed by atoms with Gasteiger partial charge in [-0.1, -0.05) is 6.92 Å². The van der Waals surface area contributed by atoms with Crippen LogP contribution in [0.5, 0.6) is 5.75 Å². The van der Waals surface area contributed by atoms with Crippen molar-refractivity contribution in [3.05, 3.63) is 23.8 Å². The number of nitrogens with two attached hydrogens (primary N) is 1. The standard InChI is InChI=1S/C14H21N3O2/c1-10-3-2-6-17(9-10)14(19)16-8-11-7-12(15)4-5-13(11)18/h4-5,7,10,18H,2-3,6,8-9,15H2,1H3,(H,16,19). The van der Waals surface area contributed by atoms with Crippen LogP contribution in [-0.4, -0.2) is 29.1 Å². The molecule has 0 bridgehead atoms. The van der Waals surface area contributed by atoms with Gasteiger partial charge in [0.25, 0.3) is 0 Å². The molecule has 1 atom stereocenters. The van der Waals surface area contributed by atoms with Crippen LogP contribution in [0.2, 0.25) is 0 Å². The minimum Gasteiger partial charge on any atom is -0.508 e. The van der Waals surface area contributed by atoms with E-state index in [9.17, 15) is 9.90 Å². The van der Waals surface area contributed by atoms with Gasteiger partial charge in [-0.15, -0.1) is 0 Å². The molecule has 0 spiro atoms. The van der Waals surface area contributed by atoms with E-state index < -0.39 is 0 Å². The van der Waals surface area contributed by atoms with Gasteiger partial charge in [-0.2, -0.15) is 0 Å². The molecule has 1 aromatic rings. The van der Waals surface area contributed by atoms with Crippen LogP contribution >= 0.6 is 0 Å². The number of nitrogens with zero attached hydrogens (tertiary/aromatic N) is 1. The zero-order chi connectivity index (χ0) is 13.8. The molecule has 1 saturated heterocycles. The number of anilines is 1. The Morgan fingerprint density at radius 1 is 1.58 bits per heavy atom. The van der Waals surface area contributed by atoms with Gasteiger partial charge in [-0.05, 0) is 37.0 Å². The van der Waals surface area contributed by atoms with E-state index in [4.69, 9.17) is 5.73 Å². The van der Waals surface area contributed by atoms with Crippen molar-refractivity contribution in [2.24, 2.45) is 5.92 Å². The number of carbonyl (C=O) groups is 1. The first-order valence-corrected chi connectivity index (χ1v) is 6.66. The summed E-state index contributed by atoms with van der Waals surface area (Å²) in [6.45, 7) is 4.05. The van der Waals surface area contributed by atoms with Crippen LogP contribution in [-0.2, 0) is 6.54 Å². The quantitative estimate of drug-likeness (QED) is 0.563. The second kappa shape index (κ2) is 5.82. The highest BCUT2D eigenvalue weighted by Gasteiger charge is 2.20. The molecule has 19 heavy (non-hydrogen) atoms. The average Bonchev–Trinajstić information content (AvgIpc) is 2.39. The van der Waals surface area contributed by atoms with Crippen LogP contribution in [0.15, 0.2) is 18.2 Å². The molecule has 0 aliphatic carbocycles. The smallest absolute Gasteiger partial charge is 0.317 e. The van der Waals surface area contributed by atoms with Crippen molar-refractivity contribution >= 4 is 11.7 Å². The number of hydrogen-bond donors (Lipinski definition) is 3. The Kier molecular flexibility index (Phi) is 4.14. The van der Waals surface area contributed by atoms with E-state index in [-0.39, 0.29) is 11.8 Å². The van der Waals surface area contributed by atoms with Crippen molar-refractivity contribution in [2.45, 2.75) is 26.3 Å². The summed E-state index contributed by atoms with van der Waals surface area (Å²) in [6, 6.07) is 4.77. The fourth-order valence-corrected chi connectivity index (χ4v) is 2.40. The number of amides is 2. The molecule has 4 N–H and O–H groups in total. The molecular weight excluding hydrogens is 242 g/mol. The van der Waals surface area contributed by atoms with Gasteiger partial charge in [0.05, 0.1) is 0 Å². The number of likely N-dealkylation sites (tertiary alicyclic amines) is 1. The van der Waals surface area contributed by atoms with E-state index in [1.807, 2.05) is 4.90 Å². The van der Waals surface area contributed by atoms with E-state index in [1.165, 1.54) is 6.42 Å². The molecule has 2 amide bonds. The molecule has 1 aliphatic rings. The fourth-order valence-electron chi connectivity index (χ4n) is 2.40. The molecule has 1 aliphatic heterocycles. The van der Waals surface area contributed by atoms with Crippen LogP contribution in [0.4, 0.5) is 10.5 Å². The van der Waals surface area contributed by atoms with E-state index in [2.05, 4.69) is 12.2 Å². The van der Waals surface area contributed by atoms with Gasteiger partial charge in [0.15, 0.2) is 0 Å². The number of nitrogen functional groups attached to an aromatic ring is 1. The lowest BCUT2D eigenvalue weighted by Crippen LogP contribution is -2.44. The van der Waals surface area contributed by atoms with Crippen LogP contribution in [0, 0.1) is 5.92 Å². The molecule has 0 saturated carbocycles. The van der Waals surface area contributed by atoms with Crippen LogP contribution in [0.1, 0.15) is 25.3 Å². The van der Waals surface area contributed by atoms with Crippen LogP contribution < -0.4 is 11.1 Å². The van der Waals surface area contributed by atoms with Gasteiger partial charge in [0, 0.05) is 30.9 Å². The minimum absolute atomic E-state index is 0.0756. The number of urea groups is 1. The van der Waals surface area contributed by atoms with Gasteiger partial charge < -0.3 is 21.1 Å². The van der Waals surface area contributed by atoms with Crippen LogP contribution in [0.25, 0.3) is 0 Å². The lowest BCUT2D eigenvalue weighted by Gasteiger charge is -2.31. The molecular formula is C14H21N3O2. The zero-order valence-electron chi connectivity index (χ0n) is 11.2. The number of nitrogens with one attached hydrogen (secondary N) is 1. The number of phenolic OH excluding ortho intramolecular Hbond substituents is 1. The molecule has 1 aromatic carbocycles. The molecule has 5 heteroatoms. The van der Waals surface area contributed by atoms with Gasteiger partial charge in [0.1, 0.15) is 5.75 Å². The summed E-state index contributed by atoms with van der Waals surface area (Å²) in [4.78, 5) is 13.8. The normalized spacial score (nSPS) is 19.2. The van der Waals surface area contributed by atoms with Crippen molar-refractivity contribution in [3.63, 3.8) is 0 Å². The maximum Gasteiger partial charge on any atom is 0.317 e. The number of aromatic hydroxyl groups is 1. The monoisotopic (exact) mass is 263 g/mol. The summed E-state index contributed by atoms with van der Waals surface area (Å²) < 4.78 is 0. The number of carbonyl (C=O) groups excluding carboxylic acids is 1. The molecule has 104 valence electrons. The molecule has 1 heterocycles. The summed E-state index contributed by atoms with van der Waals surface area (Å²) in [5.74, 6) is 0.710. The summed E-state index contributed by atoms with van der Waals surface area (Å²) in [7, 11) is 0. The third-order valence-corrected chi connectivity index (χ3v) is 3.48. The highest BCUT2D eigenvalue weighted by Crippen LogP contribution is 2.20. The van der Waals surface area contributed by atoms with Crippen molar-refractivity contribution in [1.82, 2.24) is 10.2 Å². The first kappa shape index (κ1) is 13.5. The zero-order valence-corrected chi connectivity index (χ0v) is 11.2. The topological polar surface area (TPSA) is 78.6 Å². The molecule has 2 rings (SSSR count). The van der Waals surface area contributed by atoms with Gasteiger partial charge in [0.2, 0.25) is 0 Å². The molecule has 0 aromatic heterocycles. The minimum atomic E-state index is -0.0756. The van der Waals surface area contributed by atoms with E-state index >= 15 is 0 Å². The fraction of sp³-hybridized carbons (Fsp3) is 0.500. The third kappa shape index (κ3) is 3.53. The number of piperidine rings is 1. The second-order valence-corrected chi connectivity index (χ2v) is 5.24. The van der Waals surface area contributed by atoms with Crippen LogP contribution in [0.3, 0.4) is 0 Å². The first-order chi connectivity index (χ1) is 9.06. The summed E-state index contributed by atoms with van der Waals surface area (Å²) in [5, 5.41) is 12.5. The van der Waals surface area contributed by atoms with Gasteiger partial charge in [-0.3, -0.25) is 0 Å². The highest BCUT2D eigenvalue weighted by molar-refractivity contribution is 5.74. The largest absolute Gasteiger partial charge is 0.508 e. The second-order valence-electron chi connectivity index (χ2n) is 5.24. The van der Waals surface area contributed by atoms with Crippen molar-refractivity contribution in [2.75, 3.05) is 18.8 Å². The first-order valence-electron chi connectivity index (χ1n) is 6.66. The predicted octanol–water partition coefficient (Wildman–Crippen LogP) is 1.92. The SMILES string of the molecule is CC1CCCN(C(=O)NCc2cc(N)ccc2O)C1. The highest BCUT2D eigenvalue weighted by atomic mass is 16.3. The van der Waals surface area contributed by atoms with E-state index in [0.29, 0.717) is 23.7 Å². The lowest BCUT2D eigenvalue weighted by atomic mass is 10.0. The molecule has 1 fully saturated rings. The lowest BCUT2D eigenvalue weighted by molar-refractivity contribution is 0.169. The summed E-state index contributed by atoms with van der Waals surface area (Å²) in [5.41, 5.74) is 6.88. The molecule has 1 unspecified atom stereocenters. The van der Waals surface area contributed by atoms with Gasteiger partial charge in [-0.25, -0.2) is 4.79 Å². The van der Waals surface area contributed by atoms with Crippen molar-refractivity contribution in [1.29, 1.82) is 0 Å². The summed E-state index contributed by atoms with van der Waals surface area (Å²) >= 11 is 0. The third-order valence-electron chi connectivity index (χ3n) is 3.48.